The second-order valence-electron chi connectivity index (χ2n) is 5.50. The molecule has 0 N–H and O–H groups in total. The van der Waals surface area contributed by atoms with Crippen LogP contribution in [0.4, 0.5) is 0 Å². The van der Waals surface area contributed by atoms with Crippen LogP contribution in [0.1, 0.15) is 12.2 Å². The summed E-state index contributed by atoms with van der Waals surface area (Å²) in [4.78, 5) is 7.06. The smallest absolute Gasteiger partial charge is 0.123 e. The lowest BCUT2D eigenvalue weighted by Gasteiger charge is -2.19. The van der Waals surface area contributed by atoms with E-state index in [0.717, 1.165) is 37.6 Å². The summed E-state index contributed by atoms with van der Waals surface area (Å²) in [6.45, 7) is 3.81. The molecule has 1 aromatic heterocycles. The van der Waals surface area contributed by atoms with Crippen LogP contribution in [0.25, 0.3) is 11.0 Å². The molecule has 0 amide bonds. The number of hydrogen-bond acceptors (Lipinski definition) is 3. The van der Waals surface area contributed by atoms with Crippen LogP contribution in [0.2, 0.25) is 0 Å². The fourth-order valence-corrected chi connectivity index (χ4v) is 2.81. The predicted octanol–water partition coefficient (Wildman–Crippen LogP) is 2.04. The Morgan fingerprint density at radius 3 is 3.00 bits per heavy atom. The van der Waals surface area contributed by atoms with Crippen LogP contribution in [-0.4, -0.2) is 41.3 Å². The third kappa shape index (κ3) is 2.65. The summed E-state index contributed by atoms with van der Waals surface area (Å²) >= 11 is 0. The first-order valence-corrected chi connectivity index (χ1v) is 6.90. The molecule has 19 heavy (non-hydrogen) atoms. The summed E-state index contributed by atoms with van der Waals surface area (Å²) < 4.78 is 7.62. The van der Waals surface area contributed by atoms with Crippen LogP contribution < -0.4 is 0 Å². The molecular weight excluding hydrogens is 238 g/mol. The van der Waals surface area contributed by atoms with Gasteiger partial charge in [-0.15, -0.1) is 0 Å². The highest BCUT2D eigenvalue weighted by atomic mass is 16.5. The van der Waals surface area contributed by atoms with Crippen LogP contribution in [0.3, 0.4) is 0 Å². The Labute approximate surface area is 114 Å². The lowest BCUT2D eigenvalue weighted by atomic mass is 10.1. The first-order valence-electron chi connectivity index (χ1n) is 6.90. The average molecular weight is 259 g/mol. The maximum atomic E-state index is 5.43. The van der Waals surface area contributed by atoms with Gasteiger partial charge in [-0.1, -0.05) is 12.1 Å². The third-order valence-corrected chi connectivity index (χ3v) is 3.88. The van der Waals surface area contributed by atoms with Crippen molar-refractivity contribution in [3.63, 3.8) is 0 Å². The number of rotatable bonds is 4. The molecule has 0 saturated carbocycles. The number of nitrogens with zero attached hydrogens (tertiary/aromatic N) is 3. The average Bonchev–Trinajstić information content (AvgIpc) is 3.00. The number of imidazole rings is 1. The van der Waals surface area contributed by atoms with Crippen LogP contribution >= 0.6 is 0 Å². The molecule has 0 unspecified atom stereocenters. The highest BCUT2D eigenvalue weighted by Crippen LogP contribution is 2.17. The Bertz CT molecular complexity index is 558. The minimum atomic E-state index is 0.680. The number of fused-ring (bicyclic) bond motifs is 1. The summed E-state index contributed by atoms with van der Waals surface area (Å²) in [7, 11) is 4.26. The van der Waals surface area contributed by atoms with Gasteiger partial charge in [-0.25, -0.2) is 4.98 Å². The molecular formula is C15H21N3O. The quantitative estimate of drug-likeness (QED) is 0.841. The maximum Gasteiger partial charge on any atom is 0.123 e. The van der Waals surface area contributed by atoms with Crippen molar-refractivity contribution in [1.29, 1.82) is 0 Å². The molecule has 4 heteroatoms. The van der Waals surface area contributed by atoms with E-state index in [1.165, 1.54) is 11.9 Å². The molecule has 2 heterocycles. The number of aromatic nitrogens is 2. The van der Waals surface area contributed by atoms with Gasteiger partial charge in [0.1, 0.15) is 5.82 Å². The summed E-state index contributed by atoms with van der Waals surface area (Å²) in [5.41, 5.74) is 2.28. The van der Waals surface area contributed by atoms with Crippen LogP contribution in [0.5, 0.6) is 0 Å². The second kappa shape index (κ2) is 5.31. The Morgan fingerprint density at radius 1 is 1.42 bits per heavy atom. The molecule has 0 aliphatic carbocycles. The van der Waals surface area contributed by atoms with Gasteiger partial charge in [0, 0.05) is 20.2 Å². The van der Waals surface area contributed by atoms with E-state index in [-0.39, 0.29) is 0 Å². The van der Waals surface area contributed by atoms with Gasteiger partial charge in [0.05, 0.1) is 24.2 Å². The molecule has 0 bridgehead atoms. The molecule has 0 radical (unpaired) electrons. The van der Waals surface area contributed by atoms with Crippen LogP contribution in [-0.2, 0) is 18.3 Å². The van der Waals surface area contributed by atoms with E-state index in [0.29, 0.717) is 5.92 Å². The largest absolute Gasteiger partial charge is 0.381 e. The molecule has 2 aromatic rings. The molecule has 1 fully saturated rings. The number of ether oxygens (including phenoxy) is 1. The maximum absolute atomic E-state index is 5.43. The predicted molar refractivity (Wildman–Crippen MR) is 76.0 cm³/mol. The van der Waals surface area contributed by atoms with Gasteiger partial charge >= 0.3 is 0 Å². The highest BCUT2D eigenvalue weighted by molar-refractivity contribution is 5.75. The molecule has 1 atom stereocenters. The molecule has 102 valence electrons. The summed E-state index contributed by atoms with van der Waals surface area (Å²) in [6.07, 6.45) is 1.19. The minimum Gasteiger partial charge on any atom is -0.381 e. The van der Waals surface area contributed by atoms with E-state index in [9.17, 15) is 0 Å². The van der Waals surface area contributed by atoms with Gasteiger partial charge in [-0.3, -0.25) is 4.90 Å². The standard InChI is InChI=1S/C15H21N3O/c1-17(9-12-7-8-19-11-12)10-15-16-13-5-3-4-6-14(13)18(15)2/h3-6,12H,7-11H2,1-2H3/t12-/m1/s1. The van der Waals surface area contributed by atoms with Gasteiger partial charge in [0.25, 0.3) is 0 Å². The third-order valence-electron chi connectivity index (χ3n) is 3.88. The van der Waals surface area contributed by atoms with Gasteiger partial charge in [-0.2, -0.15) is 0 Å². The lowest BCUT2D eigenvalue weighted by Crippen LogP contribution is -2.26. The summed E-state index contributed by atoms with van der Waals surface area (Å²) in [5.74, 6) is 1.81. The minimum absolute atomic E-state index is 0.680. The van der Waals surface area contributed by atoms with Crippen molar-refractivity contribution in [2.75, 3.05) is 26.8 Å². The Balaban J connectivity index is 1.71. The number of benzene rings is 1. The summed E-state index contributed by atoms with van der Waals surface area (Å²) in [6, 6.07) is 8.30. The summed E-state index contributed by atoms with van der Waals surface area (Å²) in [5, 5.41) is 0. The SMILES string of the molecule is CN(Cc1nc2ccccc2n1C)C[C@H]1CCOC1. The van der Waals surface area contributed by atoms with E-state index in [1.807, 2.05) is 6.07 Å². The van der Waals surface area contributed by atoms with Gasteiger partial charge in [-0.05, 0) is 31.5 Å². The fraction of sp³-hybridized carbons (Fsp3) is 0.533. The van der Waals surface area contributed by atoms with Crippen LogP contribution in [0, 0.1) is 5.92 Å². The lowest BCUT2D eigenvalue weighted by molar-refractivity contribution is 0.172. The topological polar surface area (TPSA) is 30.3 Å². The number of para-hydroxylation sites is 2. The first kappa shape index (κ1) is 12.6. The van der Waals surface area contributed by atoms with E-state index in [2.05, 4.69) is 41.8 Å². The van der Waals surface area contributed by atoms with Crippen molar-refractivity contribution in [3.05, 3.63) is 30.1 Å². The second-order valence-corrected chi connectivity index (χ2v) is 5.50. The normalized spacial score (nSPS) is 19.6. The molecule has 1 saturated heterocycles. The van der Waals surface area contributed by atoms with Crippen molar-refractivity contribution in [2.24, 2.45) is 13.0 Å². The van der Waals surface area contributed by atoms with Gasteiger partial charge < -0.3 is 9.30 Å². The van der Waals surface area contributed by atoms with Crippen molar-refractivity contribution >= 4 is 11.0 Å². The van der Waals surface area contributed by atoms with Gasteiger partial charge in [0.15, 0.2) is 0 Å². The zero-order valence-corrected chi connectivity index (χ0v) is 11.7. The van der Waals surface area contributed by atoms with E-state index in [1.54, 1.807) is 0 Å². The van der Waals surface area contributed by atoms with E-state index < -0.39 is 0 Å². The van der Waals surface area contributed by atoms with Gasteiger partial charge in [0.2, 0.25) is 0 Å². The van der Waals surface area contributed by atoms with Crippen molar-refractivity contribution < 1.29 is 4.74 Å². The highest BCUT2D eigenvalue weighted by Gasteiger charge is 2.18. The molecule has 1 aromatic carbocycles. The van der Waals surface area contributed by atoms with Crippen molar-refractivity contribution in [1.82, 2.24) is 14.5 Å². The van der Waals surface area contributed by atoms with Crippen molar-refractivity contribution in [3.8, 4) is 0 Å². The fourth-order valence-electron chi connectivity index (χ4n) is 2.81. The zero-order valence-electron chi connectivity index (χ0n) is 11.7. The zero-order chi connectivity index (χ0) is 13.2. The van der Waals surface area contributed by atoms with E-state index >= 15 is 0 Å². The Morgan fingerprint density at radius 2 is 2.26 bits per heavy atom. The van der Waals surface area contributed by atoms with Crippen molar-refractivity contribution in [2.45, 2.75) is 13.0 Å². The Hall–Kier alpha value is -1.39. The number of aryl methyl sites for hydroxylation is 1. The molecule has 0 spiro atoms. The first-order chi connectivity index (χ1) is 9.24. The monoisotopic (exact) mass is 259 g/mol. The van der Waals surface area contributed by atoms with E-state index in [4.69, 9.17) is 9.72 Å². The molecule has 1 aliphatic heterocycles. The number of hydrogen-bond donors (Lipinski definition) is 0. The molecule has 3 rings (SSSR count). The molecule has 4 nitrogen and oxygen atoms in total. The molecule has 1 aliphatic rings. The Kier molecular flexibility index (Phi) is 3.53. The van der Waals surface area contributed by atoms with Crippen LogP contribution in [0.15, 0.2) is 24.3 Å².